The zero-order valence-corrected chi connectivity index (χ0v) is 12.1. The Morgan fingerprint density at radius 3 is 2.37 bits per heavy atom. The molecule has 3 nitrogen and oxygen atoms in total. The quantitative estimate of drug-likeness (QED) is 0.616. The van der Waals surface area contributed by atoms with E-state index in [1.807, 2.05) is 0 Å². The highest BCUT2D eigenvalue weighted by Gasteiger charge is 2.14. The number of carboxylic acid groups (broad SMARTS) is 1. The Morgan fingerprint density at radius 2 is 1.74 bits per heavy atom. The second kappa shape index (κ2) is 5.55. The van der Waals surface area contributed by atoms with E-state index in [0.717, 1.165) is 0 Å². The fraction of sp³-hybridized carbons (Fsp3) is 0. The van der Waals surface area contributed by atoms with Gasteiger partial charge >= 0.3 is 5.97 Å². The number of carboxylic acids is 1. The molecule has 0 spiro atoms. The molecule has 0 aliphatic rings. The summed E-state index contributed by atoms with van der Waals surface area (Å²) in [6.07, 6.45) is 0. The summed E-state index contributed by atoms with van der Waals surface area (Å²) < 4.78 is 0. The molecule has 98 valence electrons. The highest BCUT2D eigenvalue weighted by atomic mass is 35.5. The monoisotopic (exact) mass is 335 g/mol. The summed E-state index contributed by atoms with van der Waals surface area (Å²) in [4.78, 5) is 15.0. The van der Waals surface area contributed by atoms with Crippen LogP contribution in [0.15, 0.2) is 24.3 Å². The Kier molecular flexibility index (Phi) is 4.21. The van der Waals surface area contributed by atoms with E-state index in [-0.39, 0.29) is 20.8 Å². The first kappa shape index (κ1) is 14.4. The van der Waals surface area contributed by atoms with Gasteiger partial charge in [-0.3, -0.25) is 0 Å². The van der Waals surface area contributed by atoms with Gasteiger partial charge in [-0.2, -0.15) is 0 Å². The van der Waals surface area contributed by atoms with E-state index < -0.39 is 5.97 Å². The van der Waals surface area contributed by atoms with Crippen LogP contribution in [0.2, 0.25) is 20.2 Å². The normalized spacial score (nSPS) is 10.5. The van der Waals surface area contributed by atoms with Gasteiger partial charge in [0.1, 0.15) is 5.15 Å². The summed E-state index contributed by atoms with van der Waals surface area (Å²) in [6, 6.07) is 5.62. The Labute approximate surface area is 128 Å². The predicted molar refractivity (Wildman–Crippen MR) is 76.7 cm³/mol. The third-order valence-corrected chi connectivity index (χ3v) is 3.52. The summed E-state index contributed by atoms with van der Waals surface area (Å²) in [5.41, 5.74) is 0.714. The summed E-state index contributed by atoms with van der Waals surface area (Å²) in [6.45, 7) is 0. The van der Waals surface area contributed by atoms with Crippen molar-refractivity contribution in [2.24, 2.45) is 0 Å². The molecule has 2 aromatic rings. The molecule has 0 amide bonds. The Balaban J connectivity index is 2.68. The van der Waals surface area contributed by atoms with Gasteiger partial charge in [0, 0.05) is 10.6 Å². The topological polar surface area (TPSA) is 50.2 Å². The zero-order chi connectivity index (χ0) is 14.2. The predicted octanol–water partition coefficient (Wildman–Crippen LogP) is 5.06. The van der Waals surface area contributed by atoms with Crippen LogP contribution < -0.4 is 0 Å². The maximum atomic E-state index is 11.0. The molecule has 1 heterocycles. The molecule has 0 fully saturated rings. The van der Waals surface area contributed by atoms with Gasteiger partial charge in [0.05, 0.1) is 21.3 Å². The van der Waals surface area contributed by atoms with Gasteiger partial charge in [-0.15, -0.1) is 0 Å². The maximum absolute atomic E-state index is 11.0. The first-order valence-corrected chi connectivity index (χ1v) is 6.45. The number of halogens is 4. The maximum Gasteiger partial charge on any atom is 0.335 e. The number of benzene rings is 1. The molecular weight excluding hydrogens is 332 g/mol. The molecule has 0 saturated carbocycles. The molecule has 1 aromatic heterocycles. The lowest BCUT2D eigenvalue weighted by Crippen LogP contribution is -1.98. The molecule has 0 bridgehead atoms. The number of pyridine rings is 1. The molecule has 0 aliphatic heterocycles. The lowest BCUT2D eigenvalue weighted by molar-refractivity contribution is 0.0697. The van der Waals surface area contributed by atoms with Crippen LogP contribution in [0, 0.1) is 0 Å². The van der Waals surface area contributed by atoms with Crippen molar-refractivity contribution in [1.82, 2.24) is 4.98 Å². The van der Waals surface area contributed by atoms with Crippen molar-refractivity contribution < 1.29 is 9.90 Å². The molecule has 1 N–H and O–H groups in total. The highest BCUT2D eigenvalue weighted by Crippen LogP contribution is 2.36. The molecule has 0 unspecified atom stereocenters. The summed E-state index contributed by atoms with van der Waals surface area (Å²) in [5, 5.41) is 9.88. The number of aromatic carboxylic acids is 1. The van der Waals surface area contributed by atoms with E-state index in [1.54, 1.807) is 6.07 Å². The van der Waals surface area contributed by atoms with Gasteiger partial charge in [-0.05, 0) is 24.3 Å². The highest BCUT2D eigenvalue weighted by molar-refractivity contribution is 6.45. The molecule has 19 heavy (non-hydrogen) atoms. The number of aromatic nitrogens is 1. The minimum absolute atomic E-state index is 0.00200. The van der Waals surface area contributed by atoms with Crippen molar-refractivity contribution in [3.8, 4) is 11.3 Å². The van der Waals surface area contributed by atoms with Crippen molar-refractivity contribution in [3.63, 3.8) is 0 Å². The Morgan fingerprint density at radius 1 is 1.05 bits per heavy atom. The van der Waals surface area contributed by atoms with Crippen LogP contribution in [0.3, 0.4) is 0 Å². The van der Waals surface area contributed by atoms with Crippen LogP contribution in [-0.2, 0) is 0 Å². The fourth-order valence-electron chi connectivity index (χ4n) is 1.50. The van der Waals surface area contributed by atoms with E-state index in [9.17, 15) is 4.79 Å². The van der Waals surface area contributed by atoms with E-state index in [4.69, 9.17) is 51.5 Å². The summed E-state index contributed by atoms with van der Waals surface area (Å²) in [7, 11) is 0. The van der Waals surface area contributed by atoms with Crippen molar-refractivity contribution in [2.45, 2.75) is 0 Å². The molecule has 0 saturated heterocycles. The third kappa shape index (κ3) is 3.12. The molecule has 7 heteroatoms. The van der Waals surface area contributed by atoms with Crippen molar-refractivity contribution in [3.05, 3.63) is 50.0 Å². The average Bonchev–Trinajstić information content (AvgIpc) is 2.32. The van der Waals surface area contributed by atoms with Gasteiger partial charge in [-0.1, -0.05) is 46.4 Å². The van der Waals surface area contributed by atoms with Crippen LogP contribution in [-0.4, -0.2) is 16.1 Å². The number of hydrogen-bond acceptors (Lipinski definition) is 2. The molecule has 0 aliphatic carbocycles. The van der Waals surface area contributed by atoms with Gasteiger partial charge in [0.25, 0.3) is 0 Å². The smallest absolute Gasteiger partial charge is 0.335 e. The van der Waals surface area contributed by atoms with E-state index in [0.29, 0.717) is 16.3 Å². The van der Waals surface area contributed by atoms with Gasteiger partial charge in [0.2, 0.25) is 0 Å². The first-order chi connectivity index (χ1) is 8.88. The molecule has 0 radical (unpaired) electrons. The van der Waals surface area contributed by atoms with Gasteiger partial charge in [-0.25, -0.2) is 9.78 Å². The van der Waals surface area contributed by atoms with Crippen LogP contribution in [0.1, 0.15) is 10.4 Å². The van der Waals surface area contributed by atoms with Crippen LogP contribution in [0.25, 0.3) is 11.3 Å². The number of hydrogen-bond donors (Lipinski definition) is 1. The van der Waals surface area contributed by atoms with E-state index in [1.165, 1.54) is 18.2 Å². The number of rotatable bonds is 2. The second-order valence-corrected chi connectivity index (χ2v) is 5.23. The average molecular weight is 337 g/mol. The van der Waals surface area contributed by atoms with Crippen molar-refractivity contribution in [2.75, 3.05) is 0 Å². The van der Waals surface area contributed by atoms with E-state index >= 15 is 0 Å². The SMILES string of the molecule is O=C(O)c1cc(Cl)nc(-c2cc(Cl)cc(Cl)c2Cl)c1. The first-order valence-electron chi connectivity index (χ1n) is 4.94. The molecule has 2 rings (SSSR count). The van der Waals surface area contributed by atoms with Crippen molar-refractivity contribution >= 4 is 52.4 Å². The zero-order valence-electron chi connectivity index (χ0n) is 9.12. The third-order valence-electron chi connectivity index (χ3n) is 2.31. The standard InChI is InChI=1S/C12H5Cl4NO2/c13-6-3-7(11(16)8(14)4-6)9-1-5(12(18)19)2-10(15)17-9/h1-4H,(H,18,19). The van der Waals surface area contributed by atoms with E-state index in [2.05, 4.69) is 4.98 Å². The molecule has 0 atom stereocenters. The summed E-state index contributed by atoms with van der Waals surface area (Å²) in [5.74, 6) is -1.12. The lowest BCUT2D eigenvalue weighted by atomic mass is 10.1. The van der Waals surface area contributed by atoms with Crippen LogP contribution in [0.4, 0.5) is 0 Å². The summed E-state index contributed by atoms with van der Waals surface area (Å²) >= 11 is 23.7. The number of nitrogens with zero attached hydrogens (tertiary/aromatic N) is 1. The van der Waals surface area contributed by atoms with Gasteiger partial charge < -0.3 is 5.11 Å². The molecular formula is C12H5Cl4NO2. The largest absolute Gasteiger partial charge is 0.478 e. The van der Waals surface area contributed by atoms with Crippen LogP contribution >= 0.6 is 46.4 Å². The minimum Gasteiger partial charge on any atom is -0.478 e. The Hall–Kier alpha value is -1.000. The number of carbonyl (C=O) groups is 1. The lowest BCUT2D eigenvalue weighted by Gasteiger charge is -2.08. The van der Waals surface area contributed by atoms with Crippen LogP contribution in [0.5, 0.6) is 0 Å². The van der Waals surface area contributed by atoms with Crippen molar-refractivity contribution in [1.29, 1.82) is 0 Å². The minimum atomic E-state index is -1.12. The molecule has 1 aromatic carbocycles. The van der Waals surface area contributed by atoms with Gasteiger partial charge in [0.15, 0.2) is 0 Å². The Bertz CT molecular complexity index is 673. The second-order valence-electron chi connectivity index (χ2n) is 3.62. The fourth-order valence-corrected chi connectivity index (χ4v) is 2.41.